The molecule has 0 aliphatic carbocycles. The van der Waals surface area contributed by atoms with Gasteiger partial charge in [-0.1, -0.05) is 44.2 Å². The smallest absolute Gasteiger partial charge is 0.133 e. The van der Waals surface area contributed by atoms with Crippen molar-refractivity contribution in [2.75, 3.05) is 21.3 Å². The van der Waals surface area contributed by atoms with E-state index in [2.05, 4.69) is 32.0 Å². The minimum atomic E-state index is 0.269. The van der Waals surface area contributed by atoms with E-state index in [4.69, 9.17) is 14.2 Å². The Morgan fingerprint density at radius 1 is 0.720 bits per heavy atom. The first-order valence-electron chi connectivity index (χ1n) is 8.43. The average Bonchev–Trinajstić information content (AvgIpc) is 2.65. The number of hydrogen-bond donors (Lipinski definition) is 0. The van der Waals surface area contributed by atoms with Crippen LogP contribution < -0.4 is 14.2 Å². The lowest BCUT2D eigenvalue weighted by Gasteiger charge is -2.21. The van der Waals surface area contributed by atoms with Gasteiger partial charge in [0.2, 0.25) is 0 Å². The third-order valence-corrected chi connectivity index (χ3v) is 4.54. The molecule has 3 nitrogen and oxygen atoms in total. The van der Waals surface area contributed by atoms with Crippen molar-refractivity contribution in [3.8, 4) is 28.4 Å². The molecule has 0 radical (unpaired) electrons. The molecule has 0 fully saturated rings. The van der Waals surface area contributed by atoms with Crippen LogP contribution >= 0.6 is 0 Å². The molecule has 0 bridgehead atoms. The summed E-state index contributed by atoms with van der Waals surface area (Å²) >= 11 is 0. The fraction of sp³-hybridized carbons (Fsp3) is 0.273. The lowest BCUT2D eigenvalue weighted by Crippen LogP contribution is -2.01. The predicted molar refractivity (Wildman–Crippen MR) is 103 cm³/mol. The Balaban J connectivity index is 2.41. The molecule has 3 aromatic carbocycles. The minimum Gasteiger partial charge on any atom is -0.496 e. The van der Waals surface area contributed by atoms with Crippen molar-refractivity contribution in [2.45, 2.75) is 19.8 Å². The van der Waals surface area contributed by atoms with E-state index in [1.54, 1.807) is 21.3 Å². The topological polar surface area (TPSA) is 27.7 Å². The van der Waals surface area contributed by atoms with E-state index in [1.807, 2.05) is 30.3 Å². The molecule has 0 aliphatic rings. The summed E-state index contributed by atoms with van der Waals surface area (Å²) in [5.41, 5.74) is 3.13. The maximum Gasteiger partial charge on any atom is 0.133 e. The summed E-state index contributed by atoms with van der Waals surface area (Å²) in [6, 6.07) is 16.5. The number of hydrogen-bond acceptors (Lipinski definition) is 3. The Labute approximate surface area is 149 Å². The van der Waals surface area contributed by atoms with Crippen molar-refractivity contribution in [3.05, 3.63) is 54.1 Å². The molecule has 0 spiro atoms. The van der Waals surface area contributed by atoms with Gasteiger partial charge in [-0.05, 0) is 34.9 Å². The summed E-state index contributed by atoms with van der Waals surface area (Å²) in [5.74, 6) is 2.78. The predicted octanol–water partition coefficient (Wildman–Crippen LogP) is 5.66. The molecule has 0 amide bonds. The van der Waals surface area contributed by atoms with Crippen molar-refractivity contribution in [3.63, 3.8) is 0 Å². The lowest BCUT2D eigenvalue weighted by molar-refractivity contribution is 0.382. The Kier molecular flexibility index (Phi) is 4.84. The molecule has 0 unspecified atom stereocenters. The van der Waals surface area contributed by atoms with E-state index in [-0.39, 0.29) is 5.92 Å². The Hall–Kier alpha value is -2.68. The van der Waals surface area contributed by atoms with Crippen LogP contribution in [-0.4, -0.2) is 21.3 Å². The largest absolute Gasteiger partial charge is 0.496 e. The first-order chi connectivity index (χ1) is 12.1. The summed E-state index contributed by atoms with van der Waals surface area (Å²) < 4.78 is 17.1. The highest BCUT2D eigenvalue weighted by Crippen LogP contribution is 2.47. The number of fused-ring (bicyclic) bond motifs is 1. The van der Waals surface area contributed by atoms with Crippen LogP contribution in [0.5, 0.6) is 17.2 Å². The maximum absolute atomic E-state index is 5.85. The van der Waals surface area contributed by atoms with E-state index in [9.17, 15) is 0 Å². The van der Waals surface area contributed by atoms with Gasteiger partial charge in [-0.3, -0.25) is 0 Å². The SMILES string of the molecule is COc1ccc(-c2c(OC)ccc3ccccc23)c(OC)c1C(C)C. The van der Waals surface area contributed by atoms with Crippen LogP contribution in [0.1, 0.15) is 25.3 Å². The zero-order valence-electron chi connectivity index (χ0n) is 15.4. The highest BCUT2D eigenvalue weighted by atomic mass is 16.5. The second-order valence-electron chi connectivity index (χ2n) is 6.28. The molecule has 3 rings (SSSR count). The highest BCUT2D eigenvalue weighted by molar-refractivity contribution is 6.01. The second-order valence-corrected chi connectivity index (χ2v) is 6.28. The molecule has 25 heavy (non-hydrogen) atoms. The van der Waals surface area contributed by atoms with Crippen molar-refractivity contribution in [1.29, 1.82) is 0 Å². The molecule has 0 saturated heterocycles. The molecule has 130 valence electrons. The van der Waals surface area contributed by atoms with Gasteiger partial charge in [-0.15, -0.1) is 0 Å². The quantitative estimate of drug-likeness (QED) is 0.602. The Bertz CT molecular complexity index is 897. The van der Waals surface area contributed by atoms with Gasteiger partial charge in [-0.2, -0.15) is 0 Å². The molecule has 3 aromatic rings. The van der Waals surface area contributed by atoms with Gasteiger partial charge in [0.05, 0.1) is 21.3 Å². The lowest BCUT2D eigenvalue weighted by atomic mass is 9.91. The van der Waals surface area contributed by atoms with Crippen molar-refractivity contribution in [1.82, 2.24) is 0 Å². The summed E-state index contributed by atoms with van der Waals surface area (Å²) in [7, 11) is 5.10. The number of methoxy groups -OCH3 is 3. The molecule has 0 atom stereocenters. The van der Waals surface area contributed by atoms with Crippen LogP contribution in [0, 0.1) is 0 Å². The third kappa shape index (κ3) is 2.91. The molecule has 0 aromatic heterocycles. The molecule has 3 heteroatoms. The van der Waals surface area contributed by atoms with Gasteiger partial charge in [0.25, 0.3) is 0 Å². The number of benzene rings is 3. The van der Waals surface area contributed by atoms with Crippen molar-refractivity contribution >= 4 is 10.8 Å². The second kappa shape index (κ2) is 7.06. The number of rotatable bonds is 5. The van der Waals surface area contributed by atoms with Gasteiger partial charge in [-0.25, -0.2) is 0 Å². The summed E-state index contributed by atoms with van der Waals surface area (Å²) in [6.45, 7) is 4.29. The average molecular weight is 336 g/mol. The number of ether oxygens (including phenoxy) is 3. The maximum atomic E-state index is 5.85. The van der Waals surface area contributed by atoms with Crippen molar-refractivity contribution in [2.24, 2.45) is 0 Å². The van der Waals surface area contributed by atoms with Gasteiger partial charge < -0.3 is 14.2 Å². The molecular weight excluding hydrogens is 312 g/mol. The Morgan fingerprint density at radius 2 is 1.40 bits per heavy atom. The minimum absolute atomic E-state index is 0.269. The fourth-order valence-electron chi connectivity index (χ4n) is 3.42. The summed E-state index contributed by atoms with van der Waals surface area (Å²) in [5, 5.41) is 2.31. The van der Waals surface area contributed by atoms with E-state index >= 15 is 0 Å². The Morgan fingerprint density at radius 3 is 2.04 bits per heavy atom. The van der Waals surface area contributed by atoms with Crippen LogP contribution in [0.3, 0.4) is 0 Å². The molecular formula is C22H24O3. The van der Waals surface area contributed by atoms with Crippen LogP contribution in [0.25, 0.3) is 21.9 Å². The van der Waals surface area contributed by atoms with Crippen molar-refractivity contribution < 1.29 is 14.2 Å². The van der Waals surface area contributed by atoms with Gasteiger partial charge in [0.15, 0.2) is 0 Å². The van der Waals surface area contributed by atoms with Crippen LogP contribution in [0.15, 0.2) is 48.5 Å². The summed E-state index contributed by atoms with van der Waals surface area (Å²) in [6.07, 6.45) is 0. The van der Waals surface area contributed by atoms with E-state index in [0.29, 0.717) is 0 Å². The zero-order valence-corrected chi connectivity index (χ0v) is 15.4. The molecule has 0 saturated carbocycles. The van der Waals surface area contributed by atoms with Gasteiger partial charge in [0, 0.05) is 16.7 Å². The van der Waals surface area contributed by atoms with E-state index in [1.165, 1.54) is 5.39 Å². The molecule has 0 N–H and O–H groups in total. The third-order valence-electron chi connectivity index (χ3n) is 4.54. The zero-order chi connectivity index (χ0) is 18.0. The highest BCUT2D eigenvalue weighted by Gasteiger charge is 2.22. The van der Waals surface area contributed by atoms with E-state index in [0.717, 1.165) is 39.3 Å². The summed E-state index contributed by atoms with van der Waals surface area (Å²) in [4.78, 5) is 0. The molecule has 0 heterocycles. The van der Waals surface area contributed by atoms with E-state index < -0.39 is 0 Å². The molecule has 0 aliphatic heterocycles. The van der Waals surface area contributed by atoms with Gasteiger partial charge >= 0.3 is 0 Å². The van der Waals surface area contributed by atoms with Crippen LogP contribution in [0.4, 0.5) is 0 Å². The monoisotopic (exact) mass is 336 g/mol. The standard InChI is InChI=1S/C22H24O3/c1-14(2)20-18(23-3)13-11-17(22(20)25-5)21-16-9-7-6-8-15(16)10-12-19(21)24-4/h6-14H,1-5H3. The first-order valence-corrected chi connectivity index (χ1v) is 8.43. The van der Waals surface area contributed by atoms with Crippen LogP contribution in [0.2, 0.25) is 0 Å². The van der Waals surface area contributed by atoms with Crippen LogP contribution in [-0.2, 0) is 0 Å². The first kappa shape index (κ1) is 17.2. The van der Waals surface area contributed by atoms with Gasteiger partial charge in [0.1, 0.15) is 17.2 Å². The normalized spacial score (nSPS) is 11.0. The fourth-order valence-corrected chi connectivity index (χ4v) is 3.42.